The zero-order chi connectivity index (χ0) is 22.3. The molecule has 0 amide bonds. The van der Waals surface area contributed by atoms with Gasteiger partial charge in [-0.15, -0.1) is 0 Å². The molecule has 4 aromatic rings. The van der Waals surface area contributed by atoms with Gasteiger partial charge in [-0.1, -0.05) is 60.7 Å². The lowest BCUT2D eigenvalue weighted by molar-refractivity contribution is -0.0497. The summed E-state index contributed by atoms with van der Waals surface area (Å²) in [6.07, 6.45) is 1.37. The van der Waals surface area contributed by atoms with E-state index < -0.39 is 11.5 Å². The zero-order valence-corrected chi connectivity index (χ0v) is 17.3. The molecule has 8 heteroatoms. The van der Waals surface area contributed by atoms with Gasteiger partial charge in [-0.2, -0.15) is 8.78 Å². The number of rotatable bonds is 5. The van der Waals surface area contributed by atoms with Crippen LogP contribution in [-0.2, 0) is 4.93 Å². The Labute approximate surface area is 186 Å². The molecule has 5 rings (SSSR count). The van der Waals surface area contributed by atoms with Crippen LogP contribution in [-0.4, -0.2) is 27.1 Å². The molecule has 5 nitrogen and oxygen atoms in total. The molecule has 1 atom stereocenters. The Balaban J connectivity index is 1.71. The number of aromatic nitrogens is 2. The highest BCUT2D eigenvalue weighted by molar-refractivity contribution is 8.00. The number of nitrogens with zero attached hydrogens (tertiary/aromatic N) is 2. The number of carbonyl (C=O) groups is 1. The first-order valence-corrected chi connectivity index (χ1v) is 10.5. The van der Waals surface area contributed by atoms with Crippen LogP contribution in [0.5, 0.6) is 5.75 Å². The van der Waals surface area contributed by atoms with E-state index in [4.69, 9.17) is 0 Å². The molecule has 2 heterocycles. The van der Waals surface area contributed by atoms with Crippen molar-refractivity contribution in [1.82, 2.24) is 9.55 Å². The number of allylic oxidation sites excluding steroid dienone is 1. The third kappa shape index (κ3) is 3.47. The Morgan fingerprint density at radius 1 is 1.06 bits per heavy atom. The molecule has 0 bridgehead atoms. The number of benzene rings is 3. The largest absolute Gasteiger partial charge is 0.435 e. The predicted octanol–water partition coefficient (Wildman–Crippen LogP) is 5.31. The smallest absolute Gasteiger partial charge is 0.387 e. The summed E-state index contributed by atoms with van der Waals surface area (Å²) in [6, 6.07) is 22.0. The van der Waals surface area contributed by atoms with Crippen molar-refractivity contribution in [2.45, 2.75) is 16.7 Å². The number of alkyl halides is 2. The third-order valence-corrected chi connectivity index (χ3v) is 6.34. The van der Waals surface area contributed by atoms with Crippen LogP contribution in [0.2, 0.25) is 0 Å². The van der Waals surface area contributed by atoms with Crippen LogP contribution in [0.4, 0.5) is 8.78 Å². The highest BCUT2D eigenvalue weighted by atomic mass is 32.2. The van der Waals surface area contributed by atoms with Gasteiger partial charge in [-0.25, -0.2) is 4.98 Å². The molecule has 1 aromatic heterocycles. The van der Waals surface area contributed by atoms with Gasteiger partial charge in [-0.05, 0) is 23.9 Å². The van der Waals surface area contributed by atoms with Crippen LogP contribution in [0.3, 0.4) is 0 Å². The lowest BCUT2D eigenvalue weighted by Gasteiger charge is -2.24. The molecule has 0 spiro atoms. The number of halogens is 2. The standard InChI is InChI=1S/C24H16F2N2O3S/c25-22(26)31-17-11-12-18-19(13-17)28-21(14-20(29)15-7-3-1-4-8-15)24(30,32-23(28)27-18)16-9-5-2-6-10-16/h1-14,22,30H/b21-14-. The van der Waals surface area contributed by atoms with Crippen molar-refractivity contribution in [3.63, 3.8) is 0 Å². The Bertz CT molecular complexity index is 1340. The highest BCUT2D eigenvalue weighted by Gasteiger charge is 2.45. The Morgan fingerprint density at radius 2 is 1.75 bits per heavy atom. The maximum Gasteiger partial charge on any atom is 0.387 e. The van der Waals surface area contributed by atoms with Crippen molar-refractivity contribution in [1.29, 1.82) is 0 Å². The summed E-state index contributed by atoms with van der Waals surface area (Å²) in [5.74, 6) is -0.339. The molecule has 1 aliphatic rings. The van der Waals surface area contributed by atoms with Gasteiger partial charge < -0.3 is 9.84 Å². The van der Waals surface area contributed by atoms with Crippen molar-refractivity contribution in [2.24, 2.45) is 0 Å². The quantitative estimate of drug-likeness (QED) is 0.330. The maximum atomic E-state index is 13.0. The molecule has 160 valence electrons. The Hall–Kier alpha value is -3.49. The normalized spacial score (nSPS) is 18.9. The van der Waals surface area contributed by atoms with Gasteiger partial charge in [0.15, 0.2) is 15.9 Å². The van der Waals surface area contributed by atoms with Crippen molar-refractivity contribution in [2.75, 3.05) is 0 Å². The van der Waals surface area contributed by atoms with E-state index in [0.29, 0.717) is 27.3 Å². The number of thioether (sulfide) groups is 1. The minimum atomic E-state index is -2.97. The first-order chi connectivity index (χ1) is 15.5. The second-order valence-electron chi connectivity index (χ2n) is 7.13. The molecule has 0 saturated heterocycles. The molecule has 1 unspecified atom stereocenters. The molecular formula is C24H16F2N2O3S. The van der Waals surface area contributed by atoms with E-state index in [0.717, 1.165) is 11.8 Å². The average Bonchev–Trinajstić information content (AvgIpc) is 3.28. The number of aliphatic hydroxyl groups is 1. The van der Waals surface area contributed by atoms with Gasteiger partial charge >= 0.3 is 6.61 Å². The fourth-order valence-corrected chi connectivity index (χ4v) is 4.89. The number of carbonyl (C=O) groups excluding carboxylic acids is 1. The number of imidazole rings is 1. The summed E-state index contributed by atoms with van der Waals surface area (Å²) >= 11 is 1.08. The number of hydrogen-bond acceptors (Lipinski definition) is 5. The lowest BCUT2D eigenvalue weighted by Crippen LogP contribution is -2.22. The first-order valence-electron chi connectivity index (χ1n) is 9.72. The summed E-state index contributed by atoms with van der Waals surface area (Å²) in [7, 11) is 0. The van der Waals surface area contributed by atoms with E-state index in [1.54, 1.807) is 59.2 Å². The Morgan fingerprint density at radius 3 is 2.44 bits per heavy atom. The monoisotopic (exact) mass is 450 g/mol. The van der Waals surface area contributed by atoms with Crippen molar-refractivity contribution < 1.29 is 23.4 Å². The molecule has 1 N–H and O–H groups in total. The summed E-state index contributed by atoms with van der Waals surface area (Å²) in [6.45, 7) is -2.97. The molecule has 32 heavy (non-hydrogen) atoms. The lowest BCUT2D eigenvalue weighted by atomic mass is 10.0. The van der Waals surface area contributed by atoms with E-state index in [9.17, 15) is 18.7 Å². The van der Waals surface area contributed by atoms with Crippen molar-refractivity contribution in [3.8, 4) is 5.75 Å². The molecule has 0 saturated carbocycles. The second kappa shape index (κ2) is 7.89. The highest BCUT2D eigenvalue weighted by Crippen LogP contribution is 2.54. The van der Waals surface area contributed by atoms with Crippen LogP contribution in [0.1, 0.15) is 15.9 Å². The fourth-order valence-electron chi connectivity index (χ4n) is 3.69. The minimum absolute atomic E-state index is 0.0379. The van der Waals surface area contributed by atoms with Gasteiger partial charge in [0, 0.05) is 23.3 Å². The van der Waals surface area contributed by atoms with E-state index >= 15 is 0 Å². The van der Waals surface area contributed by atoms with Gasteiger partial charge in [0.1, 0.15) is 5.75 Å². The minimum Gasteiger partial charge on any atom is -0.435 e. The van der Waals surface area contributed by atoms with E-state index in [-0.39, 0.29) is 17.2 Å². The summed E-state index contributed by atoms with van der Waals surface area (Å²) in [5.41, 5.74) is 2.27. The van der Waals surface area contributed by atoms with Crippen LogP contribution < -0.4 is 4.74 Å². The molecule has 1 aliphatic heterocycles. The summed E-state index contributed by atoms with van der Waals surface area (Å²) in [5, 5.41) is 12.2. The number of ether oxygens (including phenoxy) is 1. The van der Waals surface area contributed by atoms with E-state index in [1.165, 1.54) is 18.2 Å². The zero-order valence-electron chi connectivity index (χ0n) is 16.5. The fraction of sp³-hybridized carbons (Fsp3) is 0.0833. The second-order valence-corrected chi connectivity index (χ2v) is 8.29. The van der Waals surface area contributed by atoms with Crippen molar-refractivity contribution >= 4 is 34.3 Å². The SMILES string of the molecule is O=C(/C=C1\n2c(nc3ccc(OC(F)F)cc32)SC1(O)c1ccccc1)c1ccccc1. The number of hydrogen-bond donors (Lipinski definition) is 1. The Kier molecular flexibility index (Phi) is 5.03. The van der Waals surface area contributed by atoms with Crippen LogP contribution in [0.25, 0.3) is 16.7 Å². The van der Waals surface area contributed by atoms with Crippen LogP contribution in [0.15, 0.2) is 90.1 Å². The van der Waals surface area contributed by atoms with E-state index in [2.05, 4.69) is 9.72 Å². The van der Waals surface area contributed by atoms with E-state index in [1.807, 2.05) is 12.1 Å². The first kappa shape index (κ1) is 20.4. The van der Waals surface area contributed by atoms with Crippen LogP contribution >= 0.6 is 11.8 Å². The van der Waals surface area contributed by atoms with Crippen LogP contribution in [0, 0.1) is 0 Å². The average molecular weight is 450 g/mol. The summed E-state index contributed by atoms with van der Waals surface area (Å²) in [4.78, 5) is 16.0. The predicted molar refractivity (Wildman–Crippen MR) is 118 cm³/mol. The number of ketones is 1. The molecule has 0 aliphatic carbocycles. The molecule has 3 aromatic carbocycles. The van der Waals surface area contributed by atoms with Crippen molar-refractivity contribution in [3.05, 3.63) is 96.1 Å². The van der Waals surface area contributed by atoms with Gasteiger partial charge in [0.25, 0.3) is 0 Å². The molecular weight excluding hydrogens is 434 g/mol. The topological polar surface area (TPSA) is 64.4 Å². The summed E-state index contributed by atoms with van der Waals surface area (Å²) < 4.78 is 31.7. The maximum absolute atomic E-state index is 13.0. The third-order valence-electron chi connectivity index (χ3n) is 5.14. The molecule has 0 radical (unpaired) electrons. The molecule has 0 fully saturated rings. The van der Waals surface area contributed by atoms with Gasteiger partial charge in [0.05, 0.1) is 16.7 Å². The number of fused-ring (bicyclic) bond motifs is 3. The van der Waals surface area contributed by atoms with Gasteiger partial charge in [-0.3, -0.25) is 9.36 Å². The van der Waals surface area contributed by atoms with Gasteiger partial charge in [0.2, 0.25) is 0 Å².